The SMILES string of the molecule is C[Si]C(C)C(C)=C(C)C. The number of hydrogen-bond acceptors (Lipinski definition) is 0. The lowest BCUT2D eigenvalue weighted by atomic mass is 10.1. The summed E-state index contributed by atoms with van der Waals surface area (Å²) in [5.41, 5.74) is 3.85. The fourth-order valence-electron chi connectivity index (χ4n) is 0.650. The van der Waals surface area contributed by atoms with Crippen LogP contribution in [-0.4, -0.2) is 9.52 Å². The van der Waals surface area contributed by atoms with Gasteiger partial charge in [-0.15, -0.1) is 0 Å². The molecule has 0 saturated carbocycles. The molecule has 0 spiro atoms. The summed E-state index contributed by atoms with van der Waals surface area (Å²) in [7, 11) is 1.05. The van der Waals surface area contributed by atoms with Gasteiger partial charge in [0, 0.05) is 9.52 Å². The molecule has 52 valence electrons. The molecule has 0 heterocycles. The van der Waals surface area contributed by atoms with Crippen molar-refractivity contribution in [2.75, 3.05) is 0 Å². The molecule has 9 heavy (non-hydrogen) atoms. The molecule has 0 aromatic heterocycles. The Bertz CT molecular complexity index is 110. The molecule has 0 amide bonds. The number of hydrogen-bond donors (Lipinski definition) is 0. The normalized spacial score (nSPS) is 13.0. The minimum Gasteiger partial charge on any atom is -0.0775 e. The Kier molecular flexibility index (Phi) is 3.87. The molecule has 0 aromatic carbocycles. The maximum atomic E-state index is 2.29. The molecule has 0 N–H and O–H groups in total. The first kappa shape index (κ1) is 8.96. The fourth-order valence-corrected chi connectivity index (χ4v) is 1.37. The lowest BCUT2D eigenvalue weighted by Gasteiger charge is -2.09. The van der Waals surface area contributed by atoms with Crippen LogP contribution in [0, 0.1) is 0 Å². The third-order valence-corrected chi connectivity index (χ3v) is 3.17. The first-order valence-corrected chi connectivity index (χ1v) is 4.98. The minimum absolute atomic E-state index is 0.801. The Labute approximate surface area is 61.2 Å². The molecule has 1 unspecified atom stereocenters. The Balaban J connectivity index is 4.02. The van der Waals surface area contributed by atoms with E-state index in [0.29, 0.717) is 0 Å². The molecule has 0 aliphatic carbocycles. The molecule has 0 bridgehead atoms. The highest BCUT2D eigenvalue weighted by Crippen LogP contribution is 2.17. The molecule has 0 fully saturated rings. The quantitative estimate of drug-likeness (QED) is 0.409. The van der Waals surface area contributed by atoms with Crippen LogP contribution >= 0.6 is 0 Å². The molecule has 0 rings (SSSR count). The molecule has 0 aromatic rings. The van der Waals surface area contributed by atoms with Crippen molar-refractivity contribution in [2.45, 2.75) is 39.8 Å². The van der Waals surface area contributed by atoms with Gasteiger partial charge in [0.2, 0.25) is 0 Å². The van der Waals surface area contributed by atoms with E-state index in [2.05, 4.69) is 34.2 Å². The monoisotopic (exact) mass is 140 g/mol. The van der Waals surface area contributed by atoms with Crippen molar-refractivity contribution in [1.29, 1.82) is 0 Å². The van der Waals surface area contributed by atoms with Crippen LogP contribution in [0.4, 0.5) is 0 Å². The average molecular weight is 140 g/mol. The second-order valence-corrected chi connectivity index (χ2v) is 4.14. The summed E-state index contributed by atoms with van der Waals surface area (Å²) >= 11 is 0. The highest BCUT2D eigenvalue weighted by Gasteiger charge is 2.01. The zero-order valence-electron chi connectivity index (χ0n) is 7.08. The Hall–Kier alpha value is -0.0431. The van der Waals surface area contributed by atoms with E-state index in [1.165, 1.54) is 5.57 Å². The average Bonchev–Trinajstić information content (AvgIpc) is 1.84. The van der Waals surface area contributed by atoms with Crippen molar-refractivity contribution < 1.29 is 0 Å². The topological polar surface area (TPSA) is 0 Å². The maximum absolute atomic E-state index is 2.29. The summed E-state index contributed by atoms with van der Waals surface area (Å²) < 4.78 is 0. The zero-order valence-corrected chi connectivity index (χ0v) is 8.08. The van der Waals surface area contributed by atoms with Crippen molar-refractivity contribution in [3.8, 4) is 0 Å². The van der Waals surface area contributed by atoms with Gasteiger partial charge in [0.15, 0.2) is 0 Å². The van der Waals surface area contributed by atoms with Gasteiger partial charge < -0.3 is 0 Å². The second-order valence-electron chi connectivity index (χ2n) is 2.69. The van der Waals surface area contributed by atoms with E-state index in [1.54, 1.807) is 5.57 Å². The van der Waals surface area contributed by atoms with Crippen LogP contribution in [0.2, 0.25) is 12.1 Å². The van der Waals surface area contributed by atoms with E-state index in [-0.39, 0.29) is 0 Å². The van der Waals surface area contributed by atoms with Gasteiger partial charge >= 0.3 is 0 Å². The highest BCUT2D eigenvalue weighted by molar-refractivity contribution is 6.36. The predicted molar refractivity (Wildman–Crippen MR) is 45.1 cm³/mol. The minimum atomic E-state index is 0.801. The van der Waals surface area contributed by atoms with Crippen molar-refractivity contribution in [3.63, 3.8) is 0 Å². The Morgan fingerprint density at radius 3 is 1.78 bits per heavy atom. The zero-order chi connectivity index (χ0) is 7.44. The lowest BCUT2D eigenvalue weighted by Crippen LogP contribution is -1.96. The van der Waals surface area contributed by atoms with Crippen molar-refractivity contribution in [2.24, 2.45) is 0 Å². The van der Waals surface area contributed by atoms with E-state index in [0.717, 1.165) is 15.1 Å². The molecular weight excluding hydrogens is 124 g/mol. The van der Waals surface area contributed by atoms with Gasteiger partial charge in [-0.1, -0.05) is 24.6 Å². The molecular formula is C8H16Si. The van der Waals surface area contributed by atoms with E-state index in [4.69, 9.17) is 0 Å². The Morgan fingerprint density at radius 1 is 1.22 bits per heavy atom. The van der Waals surface area contributed by atoms with Crippen LogP contribution in [-0.2, 0) is 0 Å². The molecule has 0 saturated heterocycles. The van der Waals surface area contributed by atoms with Crippen molar-refractivity contribution in [1.82, 2.24) is 0 Å². The van der Waals surface area contributed by atoms with Crippen LogP contribution in [0.15, 0.2) is 11.1 Å². The number of rotatable bonds is 2. The summed E-state index contributed by atoms with van der Waals surface area (Å²) in [5.74, 6) is 0. The van der Waals surface area contributed by atoms with Crippen LogP contribution in [0.5, 0.6) is 0 Å². The molecule has 1 atom stereocenters. The molecule has 2 radical (unpaired) electrons. The summed E-state index contributed by atoms with van der Waals surface area (Å²) in [4.78, 5) is 0. The van der Waals surface area contributed by atoms with E-state index in [9.17, 15) is 0 Å². The summed E-state index contributed by atoms with van der Waals surface area (Å²) in [6.45, 7) is 11.2. The van der Waals surface area contributed by atoms with Gasteiger partial charge in [-0.25, -0.2) is 0 Å². The van der Waals surface area contributed by atoms with Crippen LogP contribution in [0.1, 0.15) is 27.7 Å². The highest BCUT2D eigenvalue weighted by atomic mass is 28.2. The number of allylic oxidation sites excluding steroid dienone is 2. The van der Waals surface area contributed by atoms with Gasteiger partial charge in [-0.3, -0.25) is 0 Å². The summed E-state index contributed by atoms with van der Waals surface area (Å²) in [6.07, 6.45) is 0. The molecule has 0 aliphatic rings. The van der Waals surface area contributed by atoms with Crippen LogP contribution in [0.25, 0.3) is 0 Å². The van der Waals surface area contributed by atoms with Gasteiger partial charge in [0.05, 0.1) is 0 Å². The maximum Gasteiger partial charge on any atom is 0.0430 e. The second kappa shape index (κ2) is 3.88. The first-order valence-electron chi connectivity index (χ1n) is 3.40. The van der Waals surface area contributed by atoms with Gasteiger partial charge in [-0.05, 0) is 26.3 Å². The largest absolute Gasteiger partial charge is 0.0775 e. The van der Waals surface area contributed by atoms with Crippen LogP contribution < -0.4 is 0 Å². The van der Waals surface area contributed by atoms with Crippen molar-refractivity contribution >= 4 is 9.52 Å². The smallest absolute Gasteiger partial charge is 0.0430 e. The van der Waals surface area contributed by atoms with Crippen LogP contribution in [0.3, 0.4) is 0 Å². The van der Waals surface area contributed by atoms with Gasteiger partial charge in [0.25, 0.3) is 0 Å². The van der Waals surface area contributed by atoms with Crippen molar-refractivity contribution in [3.05, 3.63) is 11.1 Å². The molecule has 1 heteroatoms. The summed E-state index contributed by atoms with van der Waals surface area (Å²) in [5, 5.41) is 0. The third-order valence-electron chi connectivity index (χ3n) is 1.87. The summed E-state index contributed by atoms with van der Waals surface area (Å²) in [6, 6.07) is 0. The molecule has 0 nitrogen and oxygen atoms in total. The first-order chi connectivity index (χ1) is 4.09. The van der Waals surface area contributed by atoms with E-state index >= 15 is 0 Å². The van der Waals surface area contributed by atoms with Gasteiger partial charge in [0.1, 0.15) is 0 Å². The lowest BCUT2D eigenvalue weighted by molar-refractivity contribution is 1.03. The third kappa shape index (κ3) is 2.85. The molecule has 0 aliphatic heterocycles. The van der Waals surface area contributed by atoms with E-state index in [1.807, 2.05) is 0 Å². The van der Waals surface area contributed by atoms with E-state index < -0.39 is 0 Å². The standard InChI is InChI=1S/C8H16Si/c1-6(2)7(3)8(4)9-5/h8H,1-5H3. The van der Waals surface area contributed by atoms with Gasteiger partial charge in [-0.2, -0.15) is 0 Å². The fraction of sp³-hybridized carbons (Fsp3) is 0.750. The predicted octanol–water partition coefficient (Wildman–Crippen LogP) is 2.90. The Morgan fingerprint density at radius 2 is 1.67 bits per heavy atom.